The first-order valence-corrected chi connectivity index (χ1v) is 7.57. The third kappa shape index (κ3) is 3.12. The number of carbonyl (C=O) groups is 1. The summed E-state index contributed by atoms with van der Waals surface area (Å²) in [6.45, 7) is 6.73. The van der Waals surface area contributed by atoms with Gasteiger partial charge >= 0.3 is 0 Å². The molecule has 0 spiro atoms. The Bertz CT molecular complexity index is 414. The van der Waals surface area contributed by atoms with Crippen molar-refractivity contribution in [3.05, 3.63) is 21.9 Å². The van der Waals surface area contributed by atoms with Crippen LogP contribution in [0.25, 0.3) is 0 Å². The van der Waals surface area contributed by atoms with Crippen molar-refractivity contribution in [2.24, 2.45) is 11.7 Å². The van der Waals surface area contributed by atoms with Crippen LogP contribution in [0.2, 0.25) is 0 Å². The zero-order valence-electron chi connectivity index (χ0n) is 11.2. The van der Waals surface area contributed by atoms with Crippen LogP contribution in [0.5, 0.6) is 0 Å². The largest absolute Gasteiger partial charge is 0.366 e. The molecule has 18 heavy (non-hydrogen) atoms. The highest BCUT2D eigenvalue weighted by Gasteiger charge is 2.25. The molecule has 0 saturated carbocycles. The fraction of sp³-hybridized carbons (Fsp3) is 0.643. The molecule has 0 aromatic carbocycles. The summed E-state index contributed by atoms with van der Waals surface area (Å²) >= 11 is 1.64. The van der Waals surface area contributed by atoms with Gasteiger partial charge in [-0.3, -0.25) is 9.69 Å². The summed E-state index contributed by atoms with van der Waals surface area (Å²) in [5.74, 6) is 0.373. The summed E-state index contributed by atoms with van der Waals surface area (Å²) in [4.78, 5) is 14.9. The predicted octanol–water partition coefficient (Wildman–Crippen LogP) is 2.86. The molecule has 0 aliphatic carbocycles. The molecular weight excluding hydrogens is 244 g/mol. The van der Waals surface area contributed by atoms with E-state index in [0.29, 0.717) is 17.5 Å². The predicted molar refractivity (Wildman–Crippen MR) is 75.7 cm³/mol. The van der Waals surface area contributed by atoms with E-state index in [2.05, 4.69) is 18.7 Å². The van der Waals surface area contributed by atoms with Gasteiger partial charge in [-0.15, -0.1) is 11.3 Å². The minimum atomic E-state index is -0.323. The molecule has 1 aromatic rings. The molecule has 1 aliphatic heterocycles. The number of primary amides is 1. The Labute approximate surface area is 113 Å². The molecule has 1 unspecified atom stereocenters. The number of amides is 1. The van der Waals surface area contributed by atoms with Crippen LogP contribution in [0.15, 0.2) is 11.4 Å². The lowest BCUT2D eigenvalue weighted by Gasteiger charge is -2.38. The van der Waals surface area contributed by atoms with Gasteiger partial charge in [0.1, 0.15) is 0 Å². The third-order valence-electron chi connectivity index (χ3n) is 3.73. The molecule has 2 rings (SSSR count). The lowest BCUT2D eigenvalue weighted by atomic mass is 9.93. The molecule has 2 heterocycles. The zero-order chi connectivity index (χ0) is 13.1. The number of carbonyl (C=O) groups excluding carboxylic acids is 1. The normalized spacial score (nSPS) is 21.4. The van der Waals surface area contributed by atoms with Gasteiger partial charge in [-0.05, 0) is 31.4 Å². The number of hydrogen-bond donors (Lipinski definition) is 1. The smallest absolute Gasteiger partial charge is 0.249 e. The monoisotopic (exact) mass is 266 g/mol. The molecule has 1 saturated heterocycles. The lowest BCUT2D eigenvalue weighted by Crippen LogP contribution is -2.41. The quantitative estimate of drug-likeness (QED) is 0.911. The van der Waals surface area contributed by atoms with E-state index in [-0.39, 0.29) is 5.91 Å². The summed E-state index contributed by atoms with van der Waals surface area (Å²) in [5.41, 5.74) is 5.94. The molecule has 1 aromatic heterocycles. The molecule has 1 fully saturated rings. The SMILES string of the molecule is CC(C)C1CCCCN1Cc1cc(C(N)=O)cs1. The minimum absolute atomic E-state index is 0.323. The highest BCUT2D eigenvalue weighted by molar-refractivity contribution is 7.10. The number of piperidine rings is 1. The standard InChI is InChI=1S/C14H22N2OS/c1-10(2)13-5-3-4-6-16(13)8-12-7-11(9-18-12)14(15)17/h7,9-10,13H,3-6,8H2,1-2H3,(H2,15,17). The number of hydrogen-bond acceptors (Lipinski definition) is 3. The van der Waals surface area contributed by atoms with Crippen molar-refractivity contribution < 1.29 is 4.79 Å². The molecule has 100 valence electrons. The van der Waals surface area contributed by atoms with Gasteiger partial charge in [0.2, 0.25) is 5.91 Å². The van der Waals surface area contributed by atoms with Gasteiger partial charge in [0, 0.05) is 22.8 Å². The fourth-order valence-electron chi connectivity index (χ4n) is 2.76. The van der Waals surface area contributed by atoms with Crippen LogP contribution in [-0.4, -0.2) is 23.4 Å². The third-order valence-corrected chi connectivity index (χ3v) is 4.65. The van der Waals surface area contributed by atoms with Crippen molar-refractivity contribution in [3.63, 3.8) is 0 Å². The topological polar surface area (TPSA) is 46.3 Å². The molecule has 1 amide bonds. The number of likely N-dealkylation sites (tertiary alicyclic amines) is 1. The highest BCUT2D eigenvalue weighted by atomic mass is 32.1. The van der Waals surface area contributed by atoms with E-state index in [4.69, 9.17) is 5.73 Å². The molecule has 3 nitrogen and oxygen atoms in total. The van der Waals surface area contributed by atoms with Gasteiger partial charge in [0.25, 0.3) is 0 Å². The first kappa shape index (κ1) is 13.6. The second-order valence-corrected chi connectivity index (χ2v) is 6.44. The van der Waals surface area contributed by atoms with Crippen LogP contribution < -0.4 is 5.73 Å². The van der Waals surface area contributed by atoms with Gasteiger partial charge in [-0.2, -0.15) is 0 Å². The molecule has 2 N–H and O–H groups in total. The van der Waals surface area contributed by atoms with Crippen LogP contribution >= 0.6 is 11.3 Å². The van der Waals surface area contributed by atoms with Crippen LogP contribution in [0, 0.1) is 5.92 Å². The Hall–Kier alpha value is -0.870. The van der Waals surface area contributed by atoms with Gasteiger partial charge in [-0.1, -0.05) is 20.3 Å². The zero-order valence-corrected chi connectivity index (χ0v) is 12.0. The van der Waals surface area contributed by atoms with Gasteiger partial charge in [0.15, 0.2) is 0 Å². The Kier molecular flexibility index (Phi) is 4.40. The number of nitrogens with two attached hydrogens (primary N) is 1. The number of nitrogens with zero attached hydrogens (tertiary/aromatic N) is 1. The van der Waals surface area contributed by atoms with Crippen molar-refractivity contribution in [3.8, 4) is 0 Å². The summed E-state index contributed by atoms with van der Waals surface area (Å²) in [7, 11) is 0. The first-order chi connectivity index (χ1) is 8.58. The van der Waals surface area contributed by atoms with Crippen molar-refractivity contribution in [1.82, 2.24) is 4.90 Å². The molecule has 0 radical (unpaired) electrons. The number of rotatable bonds is 4. The Balaban J connectivity index is 2.03. The highest BCUT2D eigenvalue weighted by Crippen LogP contribution is 2.26. The van der Waals surface area contributed by atoms with E-state index < -0.39 is 0 Å². The molecule has 1 aliphatic rings. The van der Waals surface area contributed by atoms with Crippen LogP contribution in [0.1, 0.15) is 48.3 Å². The van der Waals surface area contributed by atoms with Crippen molar-refractivity contribution >= 4 is 17.2 Å². The van der Waals surface area contributed by atoms with Crippen molar-refractivity contribution in [2.75, 3.05) is 6.54 Å². The van der Waals surface area contributed by atoms with Crippen LogP contribution in [0.4, 0.5) is 0 Å². The average Bonchev–Trinajstić information content (AvgIpc) is 2.78. The van der Waals surface area contributed by atoms with E-state index >= 15 is 0 Å². The Morgan fingerprint density at radius 3 is 2.94 bits per heavy atom. The van der Waals surface area contributed by atoms with Crippen molar-refractivity contribution in [1.29, 1.82) is 0 Å². The summed E-state index contributed by atoms with van der Waals surface area (Å²) in [5, 5.41) is 1.87. The molecule has 1 atom stereocenters. The second kappa shape index (κ2) is 5.85. The van der Waals surface area contributed by atoms with E-state index in [1.807, 2.05) is 11.4 Å². The Morgan fingerprint density at radius 2 is 2.33 bits per heavy atom. The summed E-state index contributed by atoms with van der Waals surface area (Å²) in [6, 6.07) is 2.62. The maximum absolute atomic E-state index is 11.1. The van der Waals surface area contributed by atoms with Gasteiger partial charge in [0.05, 0.1) is 5.56 Å². The van der Waals surface area contributed by atoms with E-state index in [1.54, 1.807) is 11.3 Å². The molecular formula is C14H22N2OS. The van der Waals surface area contributed by atoms with Crippen LogP contribution in [-0.2, 0) is 6.54 Å². The van der Waals surface area contributed by atoms with Gasteiger partial charge in [-0.25, -0.2) is 0 Å². The average molecular weight is 266 g/mol. The van der Waals surface area contributed by atoms with E-state index in [0.717, 1.165) is 6.54 Å². The van der Waals surface area contributed by atoms with E-state index in [1.165, 1.54) is 30.7 Å². The van der Waals surface area contributed by atoms with Crippen LogP contribution in [0.3, 0.4) is 0 Å². The Morgan fingerprint density at radius 1 is 1.56 bits per heavy atom. The minimum Gasteiger partial charge on any atom is -0.366 e. The number of thiophene rings is 1. The van der Waals surface area contributed by atoms with E-state index in [9.17, 15) is 4.79 Å². The maximum atomic E-state index is 11.1. The fourth-order valence-corrected chi connectivity index (χ4v) is 3.66. The second-order valence-electron chi connectivity index (χ2n) is 5.44. The maximum Gasteiger partial charge on any atom is 0.249 e. The summed E-state index contributed by atoms with van der Waals surface area (Å²) in [6.07, 6.45) is 3.93. The summed E-state index contributed by atoms with van der Waals surface area (Å²) < 4.78 is 0. The molecule has 4 heteroatoms. The molecule has 0 bridgehead atoms. The van der Waals surface area contributed by atoms with Gasteiger partial charge < -0.3 is 5.73 Å². The lowest BCUT2D eigenvalue weighted by molar-refractivity contribution is 0.0999. The first-order valence-electron chi connectivity index (χ1n) is 6.69. The van der Waals surface area contributed by atoms with Crippen molar-refractivity contribution in [2.45, 2.75) is 45.7 Å².